The second-order valence-electron chi connectivity index (χ2n) is 5.22. The van der Waals surface area contributed by atoms with E-state index in [9.17, 15) is 4.79 Å². The van der Waals surface area contributed by atoms with Crippen LogP contribution in [0.25, 0.3) is 0 Å². The van der Waals surface area contributed by atoms with Crippen LogP contribution >= 0.6 is 0 Å². The lowest BCUT2D eigenvalue weighted by atomic mass is 9.98. The zero-order chi connectivity index (χ0) is 12.8. The topological polar surface area (TPSA) is 26.3 Å². The summed E-state index contributed by atoms with van der Waals surface area (Å²) < 4.78 is 5.97. The Morgan fingerprint density at radius 3 is 2.44 bits per heavy atom. The molecule has 0 unspecified atom stereocenters. The second-order valence-corrected chi connectivity index (χ2v) is 5.22. The third kappa shape index (κ3) is 4.17. The van der Waals surface area contributed by atoms with Crippen LogP contribution in [-0.4, -0.2) is 11.9 Å². The maximum absolute atomic E-state index is 10.9. The van der Waals surface area contributed by atoms with Gasteiger partial charge in [0, 0.05) is 6.42 Å². The van der Waals surface area contributed by atoms with Crippen molar-refractivity contribution in [1.82, 2.24) is 0 Å². The fourth-order valence-electron chi connectivity index (χ4n) is 2.43. The number of rotatable bonds is 5. The first-order chi connectivity index (χ1) is 8.74. The number of carbonyl (C=O) groups excluding carboxylic acids is 1. The molecule has 0 spiro atoms. The number of Topliss-reactive ketones (excluding diaryl/α,β-unsaturated/α-hetero) is 1. The number of hydrogen-bond donors (Lipinski definition) is 0. The van der Waals surface area contributed by atoms with Gasteiger partial charge in [-0.3, -0.25) is 0 Å². The Bertz CT molecular complexity index is 375. The summed E-state index contributed by atoms with van der Waals surface area (Å²) in [6, 6.07) is 8.20. The molecule has 0 aliphatic heterocycles. The molecule has 1 aliphatic rings. The molecule has 2 nitrogen and oxygen atoms in total. The molecule has 0 aromatic heterocycles. The number of ketones is 1. The molecule has 1 saturated carbocycles. The van der Waals surface area contributed by atoms with Gasteiger partial charge in [0.15, 0.2) is 0 Å². The average Bonchev–Trinajstić information content (AvgIpc) is 2.39. The first-order valence-corrected chi connectivity index (χ1v) is 6.99. The van der Waals surface area contributed by atoms with E-state index >= 15 is 0 Å². The van der Waals surface area contributed by atoms with Gasteiger partial charge in [-0.25, -0.2) is 0 Å². The summed E-state index contributed by atoms with van der Waals surface area (Å²) in [7, 11) is 0. The van der Waals surface area contributed by atoms with Gasteiger partial charge < -0.3 is 9.53 Å². The van der Waals surface area contributed by atoms with E-state index < -0.39 is 0 Å². The van der Waals surface area contributed by atoms with Gasteiger partial charge in [0.1, 0.15) is 11.5 Å². The normalized spacial score (nSPS) is 16.5. The maximum atomic E-state index is 10.9. The second kappa shape index (κ2) is 6.58. The summed E-state index contributed by atoms with van der Waals surface area (Å²) >= 11 is 0. The molecule has 0 amide bonds. The van der Waals surface area contributed by atoms with E-state index in [0.717, 1.165) is 12.2 Å². The summed E-state index contributed by atoms with van der Waals surface area (Å²) in [4.78, 5) is 10.9. The molecule has 0 heterocycles. The van der Waals surface area contributed by atoms with Crippen molar-refractivity contribution < 1.29 is 9.53 Å². The van der Waals surface area contributed by atoms with E-state index in [-0.39, 0.29) is 5.78 Å². The van der Waals surface area contributed by atoms with E-state index in [4.69, 9.17) is 4.74 Å². The van der Waals surface area contributed by atoms with Gasteiger partial charge in [0.25, 0.3) is 0 Å². The van der Waals surface area contributed by atoms with Gasteiger partial charge in [-0.2, -0.15) is 0 Å². The highest BCUT2D eigenvalue weighted by Crippen LogP contribution is 2.23. The van der Waals surface area contributed by atoms with E-state index in [2.05, 4.69) is 12.1 Å². The molecule has 18 heavy (non-hydrogen) atoms. The van der Waals surface area contributed by atoms with Gasteiger partial charge in [0.2, 0.25) is 0 Å². The molecule has 0 radical (unpaired) electrons. The van der Waals surface area contributed by atoms with Crippen molar-refractivity contribution in [3.63, 3.8) is 0 Å². The summed E-state index contributed by atoms with van der Waals surface area (Å²) in [5.41, 5.74) is 1.21. The Morgan fingerprint density at radius 2 is 1.83 bits per heavy atom. The average molecular weight is 246 g/mol. The minimum absolute atomic E-state index is 0.248. The van der Waals surface area contributed by atoms with Crippen LogP contribution in [0.3, 0.4) is 0 Å². The lowest BCUT2D eigenvalue weighted by Gasteiger charge is -2.23. The minimum Gasteiger partial charge on any atom is -0.490 e. The fraction of sp³-hybridized carbons (Fsp3) is 0.562. The van der Waals surface area contributed by atoms with E-state index in [0.29, 0.717) is 12.5 Å². The predicted octanol–water partition coefficient (Wildman–Crippen LogP) is 3.92. The molecule has 2 rings (SSSR count). The predicted molar refractivity (Wildman–Crippen MR) is 72.9 cm³/mol. The largest absolute Gasteiger partial charge is 0.490 e. The fourth-order valence-corrected chi connectivity index (χ4v) is 2.43. The number of aryl methyl sites for hydroxylation is 1. The summed E-state index contributed by atoms with van der Waals surface area (Å²) in [5.74, 6) is 1.21. The molecule has 1 fully saturated rings. The monoisotopic (exact) mass is 246 g/mol. The lowest BCUT2D eigenvalue weighted by Crippen LogP contribution is -2.19. The van der Waals surface area contributed by atoms with Gasteiger partial charge >= 0.3 is 0 Å². The SMILES string of the molecule is CC(=O)CCc1ccc(OC2CCCCC2)cc1. The van der Waals surface area contributed by atoms with Crippen LogP contribution in [0.5, 0.6) is 5.75 Å². The zero-order valence-corrected chi connectivity index (χ0v) is 11.2. The quantitative estimate of drug-likeness (QED) is 0.787. The number of benzene rings is 1. The van der Waals surface area contributed by atoms with E-state index in [1.807, 2.05) is 12.1 Å². The van der Waals surface area contributed by atoms with Crippen molar-refractivity contribution in [2.24, 2.45) is 0 Å². The van der Waals surface area contributed by atoms with Crippen molar-refractivity contribution in [3.05, 3.63) is 29.8 Å². The van der Waals surface area contributed by atoms with Crippen LogP contribution < -0.4 is 4.74 Å². The van der Waals surface area contributed by atoms with Crippen LogP contribution in [0.2, 0.25) is 0 Å². The molecule has 0 bridgehead atoms. The molecule has 1 aromatic rings. The lowest BCUT2D eigenvalue weighted by molar-refractivity contribution is -0.116. The Balaban J connectivity index is 1.84. The van der Waals surface area contributed by atoms with Crippen molar-refractivity contribution in [3.8, 4) is 5.75 Å². The Kier molecular flexibility index (Phi) is 4.80. The van der Waals surface area contributed by atoms with Crippen LogP contribution in [0.4, 0.5) is 0 Å². The van der Waals surface area contributed by atoms with Crippen molar-refractivity contribution in [1.29, 1.82) is 0 Å². The molecule has 1 aliphatic carbocycles. The van der Waals surface area contributed by atoms with Crippen LogP contribution in [0.15, 0.2) is 24.3 Å². The number of hydrogen-bond acceptors (Lipinski definition) is 2. The van der Waals surface area contributed by atoms with E-state index in [1.165, 1.54) is 37.7 Å². The molecule has 1 aromatic carbocycles. The Morgan fingerprint density at radius 1 is 1.17 bits per heavy atom. The van der Waals surface area contributed by atoms with Crippen LogP contribution in [-0.2, 0) is 11.2 Å². The van der Waals surface area contributed by atoms with Gasteiger partial charge in [0.05, 0.1) is 6.10 Å². The Labute approximate surface area is 109 Å². The highest BCUT2D eigenvalue weighted by Gasteiger charge is 2.14. The summed E-state index contributed by atoms with van der Waals surface area (Å²) in [6.45, 7) is 1.64. The molecular formula is C16H22O2. The van der Waals surface area contributed by atoms with Crippen molar-refractivity contribution >= 4 is 5.78 Å². The van der Waals surface area contributed by atoms with Gasteiger partial charge in [-0.15, -0.1) is 0 Å². The first kappa shape index (κ1) is 13.1. The van der Waals surface area contributed by atoms with Gasteiger partial charge in [-0.05, 0) is 56.7 Å². The Hall–Kier alpha value is -1.31. The third-order valence-corrected chi connectivity index (χ3v) is 3.54. The smallest absolute Gasteiger partial charge is 0.130 e. The van der Waals surface area contributed by atoms with Crippen molar-refractivity contribution in [2.45, 2.75) is 58.0 Å². The highest BCUT2D eigenvalue weighted by molar-refractivity contribution is 5.75. The van der Waals surface area contributed by atoms with Gasteiger partial charge in [-0.1, -0.05) is 18.6 Å². The molecule has 0 saturated heterocycles. The highest BCUT2D eigenvalue weighted by atomic mass is 16.5. The third-order valence-electron chi connectivity index (χ3n) is 3.54. The standard InChI is InChI=1S/C16H22O2/c1-13(17)7-8-14-9-11-16(12-10-14)18-15-5-3-2-4-6-15/h9-12,15H,2-8H2,1H3. The number of carbonyl (C=O) groups is 1. The molecule has 98 valence electrons. The molecule has 0 N–H and O–H groups in total. The number of ether oxygens (including phenoxy) is 1. The molecule has 0 atom stereocenters. The van der Waals surface area contributed by atoms with Crippen LogP contribution in [0.1, 0.15) is 51.0 Å². The van der Waals surface area contributed by atoms with Crippen molar-refractivity contribution in [2.75, 3.05) is 0 Å². The molecule has 2 heteroatoms. The molecular weight excluding hydrogens is 224 g/mol. The summed E-state index contributed by atoms with van der Waals surface area (Å²) in [6.07, 6.45) is 8.17. The minimum atomic E-state index is 0.248. The van der Waals surface area contributed by atoms with E-state index in [1.54, 1.807) is 6.92 Å². The maximum Gasteiger partial charge on any atom is 0.130 e. The van der Waals surface area contributed by atoms with Crippen LogP contribution in [0, 0.1) is 0 Å². The zero-order valence-electron chi connectivity index (χ0n) is 11.2. The summed E-state index contributed by atoms with van der Waals surface area (Å²) in [5, 5.41) is 0. The first-order valence-electron chi connectivity index (χ1n) is 6.99.